The SMILES string of the molecule is Cc1ccc([N+](=O)[O-])cc1S(=O)(=O)Nc1ccc(S(=O)(=O)Nc2ccccc2)cc1. The molecule has 0 saturated carbocycles. The van der Waals surface area contributed by atoms with Gasteiger partial charge in [-0.2, -0.15) is 0 Å². The molecule has 3 aromatic carbocycles. The minimum Gasteiger partial charge on any atom is -0.280 e. The van der Waals surface area contributed by atoms with Crippen LogP contribution in [0, 0.1) is 17.0 Å². The molecule has 0 amide bonds. The van der Waals surface area contributed by atoms with E-state index in [1.165, 1.54) is 43.3 Å². The van der Waals surface area contributed by atoms with Crippen LogP contribution in [-0.2, 0) is 20.0 Å². The van der Waals surface area contributed by atoms with Crippen LogP contribution in [0.3, 0.4) is 0 Å². The van der Waals surface area contributed by atoms with Gasteiger partial charge >= 0.3 is 0 Å². The maximum atomic E-state index is 12.7. The molecule has 0 aromatic heterocycles. The Kier molecular flexibility index (Phi) is 5.76. The van der Waals surface area contributed by atoms with Gasteiger partial charge in [0, 0.05) is 23.5 Å². The molecule has 0 atom stereocenters. The molecule has 0 fully saturated rings. The van der Waals surface area contributed by atoms with E-state index < -0.39 is 25.0 Å². The maximum Gasteiger partial charge on any atom is 0.270 e. The van der Waals surface area contributed by atoms with Gasteiger partial charge in [0.25, 0.3) is 25.7 Å². The Morgan fingerprint density at radius 1 is 0.767 bits per heavy atom. The van der Waals surface area contributed by atoms with Crippen molar-refractivity contribution in [2.45, 2.75) is 16.7 Å². The molecule has 3 aromatic rings. The monoisotopic (exact) mass is 447 g/mol. The summed E-state index contributed by atoms with van der Waals surface area (Å²) in [4.78, 5) is 9.97. The number of rotatable bonds is 7. The van der Waals surface area contributed by atoms with Crippen molar-refractivity contribution < 1.29 is 21.8 Å². The van der Waals surface area contributed by atoms with Crippen LogP contribution in [0.4, 0.5) is 17.1 Å². The molecule has 0 radical (unpaired) electrons. The van der Waals surface area contributed by atoms with Gasteiger partial charge in [0.15, 0.2) is 0 Å². The maximum absolute atomic E-state index is 12.7. The second kappa shape index (κ2) is 8.13. The predicted molar refractivity (Wildman–Crippen MR) is 112 cm³/mol. The van der Waals surface area contributed by atoms with Crippen LogP contribution in [0.15, 0.2) is 82.6 Å². The highest BCUT2D eigenvalue weighted by atomic mass is 32.2. The Hall–Kier alpha value is -3.44. The van der Waals surface area contributed by atoms with Crippen LogP contribution in [0.25, 0.3) is 0 Å². The number of para-hydroxylation sites is 1. The molecule has 3 rings (SSSR count). The van der Waals surface area contributed by atoms with Gasteiger partial charge in [0.1, 0.15) is 0 Å². The minimum absolute atomic E-state index is 0.0548. The van der Waals surface area contributed by atoms with Crippen molar-refractivity contribution in [2.75, 3.05) is 9.44 Å². The first-order valence-corrected chi connectivity index (χ1v) is 11.5. The molecule has 0 unspecified atom stereocenters. The number of benzene rings is 3. The molecular weight excluding hydrogens is 430 g/mol. The number of nitro benzene ring substituents is 1. The van der Waals surface area contributed by atoms with E-state index in [1.807, 2.05) is 0 Å². The number of nitrogens with one attached hydrogen (secondary N) is 2. The van der Waals surface area contributed by atoms with E-state index in [2.05, 4.69) is 9.44 Å². The molecule has 0 heterocycles. The zero-order chi connectivity index (χ0) is 21.9. The minimum atomic E-state index is -4.12. The van der Waals surface area contributed by atoms with E-state index in [9.17, 15) is 26.9 Å². The van der Waals surface area contributed by atoms with Crippen molar-refractivity contribution in [3.05, 3.63) is 88.5 Å². The summed E-state index contributed by atoms with van der Waals surface area (Å²) in [5, 5.41) is 10.9. The number of sulfonamides is 2. The van der Waals surface area contributed by atoms with Crippen LogP contribution < -0.4 is 9.44 Å². The molecule has 156 valence electrons. The van der Waals surface area contributed by atoms with Gasteiger partial charge in [-0.1, -0.05) is 24.3 Å². The standard InChI is InChI=1S/C19H17N3O6S2/c1-14-7-10-17(22(23)24)13-19(14)30(27,28)21-16-8-11-18(12-9-16)29(25,26)20-15-5-3-2-4-6-15/h2-13,20-21H,1H3. The van der Waals surface area contributed by atoms with E-state index >= 15 is 0 Å². The molecule has 0 saturated heterocycles. The summed E-state index contributed by atoms with van der Waals surface area (Å²) >= 11 is 0. The first kappa shape index (κ1) is 21.3. The van der Waals surface area contributed by atoms with E-state index in [0.29, 0.717) is 11.3 Å². The number of hydrogen-bond donors (Lipinski definition) is 2. The molecule has 11 heteroatoms. The summed E-state index contributed by atoms with van der Waals surface area (Å²) in [6.45, 7) is 1.52. The second-order valence-electron chi connectivity index (χ2n) is 6.31. The number of hydrogen-bond acceptors (Lipinski definition) is 6. The summed E-state index contributed by atoms with van der Waals surface area (Å²) in [6.07, 6.45) is 0. The van der Waals surface area contributed by atoms with Crippen molar-refractivity contribution in [1.82, 2.24) is 0 Å². The van der Waals surface area contributed by atoms with Crippen LogP contribution >= 0.6 is 0 Å². The van der Waals surface area contributed by atoms with E-state index in [-0.39, 0.29) is 21.2 Å². The Morgan fingerprint density at radius 2 is 1.33 bits per heavy atom. The highest BCUT2D eigenvalue weighted by Gasteiger charge is 2.21. The fraction of sp³-hybridized carbons (Fsp3) is 0.0526. The van der Waals surface area contributed by atoms with Crippen molar-refractivity contribution in [3.63, 3.8) is 0 Å². The van der Waals surface area contributed by atoms with Crippen LogP contribution in [-0.4, -0.2) is 21.8 Å². The fourth-order valence-electron chi connectivity index (χ4n) is 2.62. The van der Waals surface area contributed by atoms with Crippen molar-refractivity contribution in [1.29, 1.82) is 0 Å². The lowest BCUT2D eigenvalue weighted by atomic mass is 10.2. The third-order valence-corrected chi connectivity index (χ3v) is 7.04. The summed E-state index contributed by atoms with van der Waals surface area (Å²) in [5.74, 6) is 0. The molecule has 9 nitrogen and oxygen atoms in total. The second-order valence-corrected chi connectivity index (χ2v) is 9.64. The molecule has 2 N–H and O–H groups in total. The lowest BCUT2D eigenvalue weighted by molar-refractivity contribution is -0.385. The number of anilines is 2. The van der Waals surface area contributed by atoms with Crippen molar-refractivity contribution in [3.8, 4) is 0 Å². The first-order chi connectivity index (χ1) is 14.1. The van der Waals surface area contributed by atoms with Gasteiger partial charge in [-0.3, -0.25) is 19.6 Å². The smallest absolute Gasteiger partial charge is 0.270 e. The Bertz CT molecular complexity index is 1290. The zero-order valence-electron chi connectivity index (χ0n) is 15.6. The van der Waals surface area contributed by atoms with Crippen molar-refractivity contribution in [2.24, 2.45) is 0 Å². The third kappa shape index (κ3) is 4.75. The molecule has 0 aliphatic carbocycles. The Labute approximate surface area is 173 Å². The number of nitrogens with zero attached hydrogens (tertiary/aromatic N) is 1. The molecule has 0 aliphatic rings. The highest BCUT2D eigenvalue weighted by Crippen LogP contribution is 2.25. The Morgan fingerprint density at radius 3 is 1.93 bits per heavy atom. The first-order valence-electron chi connectivity index (χ1n) is 8.54. The summed E-state index contributed by atoms with van der Waals surface area (Å²) < 4.78 is 54.9. The third-order valence-electron chi connectivity index (χ3n) is 4.11. The average Bonchev–Trinajstić information content (AvgIpc) is 2.68. The number of nitro groups is 1. The van der Waals surface area contributed by atoms with Crippen LogP contribution in [0.5, 0.6) is 0 Å². The van der Waals surface area contributed by atoms with Gasteiger partial charge < -0.3 is 0 Å². The lowest BCUT2D eigenvalue weighted by Gasteiger charge is -2.12. The van der Waals surface area contributed by atoms with Crippen molar-refractivity contribution >= 4 is 37.1 Å². The largest absolute Gasteiger partial charge is 0.280 e. The normalized spacial score (nSPS) is 11.6. The lowest BCUT2D eigenvalue weighted by Crippen LogP contribution is -2.15. The summed E-state index contributed by atoms with van der Waals surface area (Å²) in [7, 11) is -7.97. The number of non-ortho nitro benzene ring substituents is 1. The van der Waals surface area contributed by atoms with E-state index in [0.717, 1.165) is 6.07 Å². The Balaban J connectivity index is 1.83. The van der Waals surface area contributed by atoms with Gasteiger partial charge in [-0.25, -0.2) is 16.8 Å². The topological polar surface area (TPSA) is 135 Å². The summed E-state index contributed by atoms with van der Waals surface area (Å²) in [5.41, 5.74) is 0.483. The molecule has 30 heavy (non-hydrogen) atoms. The quantitative estimate of drug-likeness (QED) is 0.420. The van der Waals surface area contributed by atoms with E-state index in [1.54, 1.807) is 30.3 Å². The van der Waals surface area contributed by atoms with Crippen LogP contribution in [0.1, 0.15) is 5.56 Å². The van der Waals surface area contributed by atoms with Gasteiger partial charge in [-0.05, 0) is 48.9 Å². The highest BCUT2D eigenvalue weighted by molar-refractivity contribution is 7.93. The predicted octanol–water partition coefficient (Wildman–Crippen LogP) is 3.50. The molecule has 0 spiro atoms. The zero-order valence-corrected chi connectivity index (χ0v) is 17.3. The molecule has 0 aliphatic heterocycles. The van der Waals surface area contributed by atoms with E-state index in [4.69, 9.17) is 0 Å². The average molecular weight is 447 g/mol. The number of aryl methyl sites for hydroxylation is 1. The fourth-order valence-corrected chi connectivity index (χ4v) is 5.01. The summed E-state index contributed by atoms with van der Waals surface area (Å²) in [6, 6.07) is 17.0. The van der Waals surface area contributed by atoms with Gasteiger partial charge in [-0.15, -0.1) is 0 Å². The van der Waals surface area contributed by atoms with Gasteiger partial charge in [0.2, 0.25) is 0 Å². The van der Waals surface area contributed by atoms with Crippen LogP contribution in [0.2, 0.25) is 0 Å². The van der Waals surface area contributed by atoms with Gasteiger partial charge in [0.05, 0.1) is 14.7 Å². The molecule has 0 bridgehead atoms. The molecular formula is C19H17N3O6S2.